The van der Waals surface area contributed by atoms with Crippen molar-refractivity contribution < 1.29 is 66.9 Å². The number of hydrogen-bond donors (Lipinski definition) is 2. The Labute approximate surface area is 390 Å². The minimum atomic E-state index is -1.82. The summed E-state index contributed by atoms with van der Waals surface area (Å²) in [5.74, 6) is -6.33. The molecule has 2 aliphatic rings. The van der Waals surface area contributed by atoms with Gasteiger partial charge < -0.3 is 29.5 Å². The number of methoxy groups -OCH3 is 2. The minimum absolute atomic E-state index is 0.146. The van der Waals surface area contributed by atoms with E-state index in [4.69, 9.17) is 39.0 Å². The average molecular weight is 959 g/mol. The first-order valence-electron chi connectivity index (χ1n) is 21.0. The van der Waals surface area contributed by atoms with Crippen molar-refractivity contribution in [2.45, 2.75) is 76.7 Å². The lowest BCUT2D eigenvalue weighted by Crippen LogP contribution is -2.61. The van der Waals surface area contributed by atoms with Crippen molar-refractivity contribution in [2.75, 3.05) is 53.5 Å². The van der Waals surface area contributed by atoms with Gasteiger partial charge in [-0.15, -0.1) is 22.7 Å². The van der Waals surface area contributed by atoms with Crippen LogP contribution in [0.1, 0.15) is 60.4 Å². The van der Waals surface area contributed by atoms with Crippen molar-refractivity contribution in [1.29, 1.82) is 0 Å². The van der Waals surface area contributed by atoms with Crippen molar-refractivity contribution >= 4 is 58.4 Å². The van der Waals surface area contributed by atoms with Crippen molar-refractivity contribution in [3.63, 3.8) is 0 Å². The van der Waals surface area contributed by atoms with Gasteiger partial charge in [-0.1, -0.05) is 48.5 Å². The van der Waals surface area contributed by atoms with Gasteiger partial charge in [-0.25, -0.2) is 38.1 Å². The summed E-state index contributed by atoms with van der Waals surface area (Å²) >= 11 is 3.46. The van der Waals surface area contributed by atoms with Crippen LogP contribution in [-0.4, -0.2) is 130 Å². The molecule has 66 heavy (non-hydrogen) atoms. The molecule has 0 aliphatic carbocycles. The summed E-state index contributed by atoms with van der Waals surface area (Å²) in [5, 5.41) is 21.1. The Kier molecular flexibility index (Phi) is 20.8. The summed E-state index contributed by atoms with van der Waals surface area (Å²) in [7, 11) is 2.62. The number of hydrogen-bond acceptors (Lipinski definition) is 14. The van der Waals surface area contributed by atoms with Crippen molar-refractivity contribution in [2.24, 2.45) is 0 Å². The monoisotopic (exact) mass is 958 g/mol. The zero-order chi connectivity index (χ0) is 48.3. The molecule has 0 bridgehead atoms. The first kappa shape index (κ1) is 53.0. The zero-order valence-corrected chi connectivity index (χ0v) is 39.0. The lowest BCUT2D eigenvalue weighted by Gasteiger charge is -2.45. The van der Waals surface area contributed by atoms with Gasteiger partial charge in [0, 0.05) is 74.0 Å². The van der Waals surface area contributed by atoms with E-state index in [1.54, 1.807) is 59.1 Å². The third-order valence-corrected chi connectivity index (χ3v) is 13.0. The normalized spacial score (nSPS) is 15.4. The number of carbonyl (C=O) groups is 6. The second kappa shape index (κ2) is 25.9. The van der Waals surface area contributed by atoms with Gasteiger partial charge in [-0.3, -0.25) is 19.3 Å². The van der Waals surface area contributed by atoms with E-state index in [1.165, 1.54) is 50.0 Å². The average Bonchev–Trinajstić information content (AvgIpc) is 4.05. The van der Waals surface area contributed by atoms with E-state index < -0.39 is 58.4 Å². The van der Waals surface area contributed by atoms with E-state index in [1.807, 2.05) is 12.1 Å². The van der Waals surface area contributed by atoms with Crippen molar-refractivity contribution in [3.8, 4) is 0 Å². The number of amides is 2. The molecule has 2 amide bonds. The van der Waals surface area contributed by atoms with Gasteiger partial charge in [0.25, 0.3) is 0 Å². The van der Waals surface area contributed by atoms with Crippen LogP contribution in [0.5, 0.6) is 0 Å². The molecule has 0 atom stereocenters. The molecule has 6 rings (SSSR count). The molecule has 2 N–H and O–H groups in total. The number of carbonyl (C=O) groups excluding carboxylic acids is 4. The molecule has 358 valence electrons. The Morgan fingerprint density at radius 3 is 1.21 bits per heavy atom. The topological polar surface area (TPSA) is 193 Å². The van der Waals surface area contributed by atoms with Crippen LogP contribution < -0.4 is 0 Å². The van der Waals surface area contributed by atoms with Crippen LogP contribution in [-0.2, 0) is 74.0 Å². The third kappa shape index (κ3) is 14.7. The van der Waals surface area contributed by atoms with Gasteiger partial charge in [-0.2, -0.15) is 0 Å². The fraction of sp³-hybridized carbons (Fsp3) is 0.435. The number of nitrogens with zero attached hydrogens (tertiary/aromatic N) is 4. The number of benzene rings is 2. The van der Waals surface area contributed by atoms with Crippen LogP contribution in [0.2, 0.25) is 0 Å². The van der Waals surface area contributed by atoms with Gasteiger partial charge in [0.15, 0.2) is 11.1 Å². The molecule has 4 heterocycles. The highest BCUT2D eigenvalue weighted by atomic mass is 32.1. The maximum absolute atomic E-state index is 14.0. The number of aliphatic carboxylic acids is 2. The third-order valence-electron chi connectivity index (χ3n) is 11.2. The summed E-state index contributed by atoms with van der Waals surface area (Å²) in [5.41, 5.74) is -1.80. The van der Waals surface area contributed by atoms with E-state index in [9.17, 15) is 28.0 Å². The van der Waals surface area contributed by atoms with Gasteiger partial charge in [0.1, 0.15) is 24.8 Å². The van der Waals surface area contributed by atoms with Crippen LogP contribution in [0.3, 0.4) is 0 Å². The maximum Gasteiger partial charge on any atom is 0.414 e. The smallest absolute Gasteiger partial charge is 0.414 e. The van der Waals surface area contributed by atoms with Crippen molar-refractivity contribution in [1.82, 2.24) is 19.9 Å². The number of carboxylic acid groups (broad SMARTS) is 2. The van der Waals surface area contributed by atoms with E-state index >= 15 is 0 Å². The van der Waals surface area contributed by atoms with Gasteiger partial charge >= 0.3 is 23.9 Å². The molecule has 0 spiro atoms. The summed E-state index contributed by atoms with van der Waals surface area (Å²) in [6, 6.07) is 20.7. The lowest BCUT2D eigenvalue weighted by molar-refractivity contribution is -0.240. The molecule has 2 aliphatic heterocycles. The second-order valence-electron chi connectivity index (χ2n) is 15.4. The standard InChI is InChI=1S/2C22H27FN2O4S.C2H2O4/c2*1-17(26)25(29-16-18-6-3-4-8-20(18)23)22(21(27)28-2)10-13-24(14-11-22)12-9-19-7-5-15-30-19;3-1(4)2(5)6/h2*3-8,15H,9-14,16H2,1-2H3;(H,3,4)(H,5,6). The molecule has 2 aromatic heterocycles. The fourth-order valence-corrected chi connectivity index (χ4v) is 9.03. The van der Waals surface area contributed by atoms with E-state index in [0.717, 1.165) is 36.1 Å². The summed E-state index contributed by atoms with van der Waals surface area (Å²) < 4.78 is 38.1. The van der Waals surface area contributed by atoms with Crippen LogP contribution in [0.25, 0.3) is 0 Å². The quantitative estimate of drug-likeness (QED) is 0.0756. The molecule has 16 nitrogen and oxygen atoms in total. The maximum atomic E-state index is 14.0. The Hall–Kier alpha value is -5.64. The number of thiophene rings is 2. The summed E-state index contributed by atoms with van der Waals surface area (Å²) in [4.78, 5) is 87.2. The highest BCUT2D eigenvalue weighted by Gasteiger charge is 2.51. The number of esters is 2. The van der Waals surface area contributed by atoms with E-state index in [-0.39, 0.29) is 13.2 Å². The van der Waals surface area contributed by atoms with E-state index in [2.05, 4.69) is 32.7 Å². The largest absolute Gasteiger partial charge is 0.473 e. The molecule has 0 saturated carbocycles. The molecule has 2 aromatic carbocycles. The van der Waals surface area contributed by atoms with Crippen LogP contribution >= 0.6 is 22.7 Å². The number of rotatable bonds is 16. The summed E-state index contributed by atoms with van der Waals surface area (Å²) in [6.07, 6.45) is 3.45. The lowest BCUT2D eigenvalue weighted by atomic mass is 9.86. The number of ether oxygens (including phenoxy) is 2. The molecule has 20 heteroatoms. The Morgan fingerprint density at radius 1 is 0.591 bits per heavy atom. The Morgan fingerprint density at radius 2 is 0.939 bits per heavy atom. The van der Waals surface area contributed by atoms with Gasteiger partial charge in [-0.05, 0) is 73.6 Å². The molecule has 4 aromatic rings. The predicted octanol–water partition coefficient (Wildman–Crippen LogP) is 5.99. The first-order valence-corrected chi connectivity index (χ1v) is 22.8. The second-order valence-corrected chi connectivity index (χ2v) is 17.4. The molecule has 0 unspecified atom stereocenters. The predicted molar refractivity (Wildman–Crippen MR) is 240 cm³/mol. The molecular formula is C46H56F2N4O12S2. The number of carboxylic acids is 2. The van der Waals surface area contributed by atoms with Crippen LogP contribution in [0.15, 0.2) is 83.6 Å². The molecular weight excluding hydrogens is 903 g/mol. The summed E-state index contributed by atoms with van der Waals surface area (Å²) in [6.45, 7) is 6.69. The fourth-order valence-electron chi connectivity index (χ4n) is 7.63. The minimum Gasteiger partial charge on any atom is -0.473 e. The van der Waals surface area contributed by atoms with Crippen LogP contribution in [0, 0.1) is 11.6 Å². The highest BCUT2D eigenvalue weighted by Crippen LogP contribution is 2.34. The number of halogens is 2. The van der Waals surface area contributed by atoms with Crippen LogP contribution in [0.4, 0.5) is 8.78 Å². The SMILES string of the molecule is COC(=O)C1(N(OCc2ccccc2F)C(C)=O)CCN(CCc2cccs2)CC1.COC(=O)C1(N(OCc2ccccc2F)C(C)=O)CCN(CCc2cccs2)CC1.O=C(O)C(=O)O. The van der Waals surface area contributed by atoms with Gasteiger partial charge in [0.2, 0.25) is 11.8 Å². The molecule has 0 radical (unpaired) electrons. The van der Waals surface area contributed by atoms with Crippen molar-refractivity contribution in [3.05, 3.63) is 116 Å². The number of likely N-dealkylation sites (tertiary alicyclic amines) is 2. The molecule has 2 fully saturated rings. The number of piperidine rings is 2. The van der Waals surface area contributed by atoms with E-state index in [0.29, 0.717) is 63.0 Å². The van der Waals surface area contributed by atoms with Gasteiger partial charge in [0.05, 0.1) is 14.2 Å². The first-order chi connectivity index (χ1) is 31.6. The Bertz CT molecular complexity index is 2040. The Balaban J connectivity index is 0.000000257. The molecule has 2 saturated heterocycles. The highest BCUT2D eigenvalue weighted by molar-refractivity contribution is 7.10. The number of hydroxylamine groups is 4. The zero-order valence-electron chi connectivity index (χ0n) is 37.3.